The third-order valence-electron chi connectivity index (χ3n) is 4.05. The summed E-state index contributed by atoms with van der Waals surface area (Å²) in [6.07, 6.45) is 2.00. The second-order valence-electron chi connectivity index (χ2n) is 5.53. The summed E-state index contributed by atoms with van der Waals surface area (Å²) < 4.78 is 5.44. The van der Waals surface area contributed by atoms with E-state index in [0.717, 1.165) is 35.7 Å². The molecule has 1 unspecified atom stereocenters. The summed E-state index contributed by atoms with van der Waals surface area (Å²) in [5, 5.41) is 2.68. The number of hydrogen-bond donors (Lipinski definition) is 1. The van der Waals surface area contributed by atoms with Crippen LogP contribution in [-0.2, 0) is 0 Å². The molecule has 0 radical (unpaired) electrons. The second-order valence-corrected chi connectivity index (χ2v) is 6.38. The van der Waals surface area contributed by atoms with Crippen molar-refractivity contribution < 1.29 is 9.53 Å². The van der Waals surface area contributed by atoms with Crippen LogP contribution >= 0.6 is 36.2 Å². The molecule has 2 heterocycles. The van der Waals surface area contributed by atoms with E-state index in [4.69, 9.17) is 10.5 Å². The van der Waals surface area contributed by atoms with Gasteiger partial charge in [0.1, 0.15) is 16.5 Å². The predicted octanol–water partition coefficient (Wildman–Crippen LogP) is 3.62. The third-order valence-corrected chi connectivity index (χ3v) is 4.94. The van der Waals surface area contributed by atoms with Gasteiger partial charge in [0.25, 0.3) is 5.91 Å². The van der Waals surface area contributed by atoms with Crippen molar-refractivity contribution in [3.63, 3.8) is 0 Å². The van der Waals surface area contributed by atoms with E-state index in [1.165, 1.54) is 11.3 Å². The molecule has 1 aliphatic rings. The molecule has 5 nitrogen and oxygen atoms in total. The van der Waals surface area contributed by atoms with Crippen LogP contribution in [0.2, 0.25) is 0 Å². The molecule has 1 amide bonds. The number of halogens is 2. The largest absolute Gasteiger partial charge is 0.494 e. The Morgan fingerprint density at radius 1 is 1.36 bits per heavy atom. The Morgan fingerprint density at radius 2 is 2.08 bits per heavy atom. The molecule has 1 aliphatic heterocycles. The Morgan fingerprint density at radius 3 is 2.72 bits per heavy atom. The van der Waals surface area contributed by atoms with Gasteiger partial charge in [-0.25, -0.2) is 4.98 Å². The number of nitrogens with two attached hydrogens (primary N) is 1. The van der Waals surface area contributed by atoms with E-state index < -0.39 is 0 Å². The van der Waals surface area contributed by atoms with Crippen LogP contribution in [0.25, 0.3) is 10.6 Å². The van der Waals surface area contributed by atoms with E-state index in [9.17, 15) is 4.79 Å². The van der Waals surface area contributed by atoms with E-state index in [1.807, 2.05) is 41.5 Å². The first-order chi connectivity index (χ1) is 11.2. The van der Waals surface area contributed by atoms with Crippen LogP contribution in [0.3, 0.4) is 0 Å². The fourth-order valence-electron chi connectivity index (χ4n) is 2.86. The Balaban J connectivity index is 0.00000156. The Labute approximate surface area is 164 Å². The highest BCUT2D eigenvalue weighted by molar-refractivity contribution is 7.13. The molecule has 2 aromatic rings. The average molecular weight is 404 g/mol. The molecule has 3 rings (SSSR count). The number of aromatic nitrogens is 1. The monoisotopic (exact) mass is 403 g/mol. The van der Waals surface area contributed by atoms with Crippen LogP contribution in [0.1, 0.15) is 30.3 Å². The smallest absolute Gasteiger partial charge is 0.273 e. The van der Waals surface area contributed by atoms with E-state index in [-0.39, 0.29) is 36.8 Å². The summed E-state index contributed by atoms with van der Waals surface area (Å²) >= 11 is 1.49. The summed E-state index contributed by atoms with van der Waals surface area (Å²) in [6, 6.07) is 7.94. The standard InChI is InChI=1S/C17H21N3O2S.2ClH/c1-2-22-14-7-5-12(6-8-14)16-19-15(11-23-16)17(21)20-9-3-4-13(20)10-18;;/h5-8,11,13H,2-4,9-10,18H2,1H3;2*1H. The van der Waals surface area contributed by atoms with Gasteiger partial charge in [0.2, 0.25) is 0 Å². The van der Waals surface area contributed by atoms with Crippen molar-refractivity contribution >= 4 is 42.1 Å². The van der Waals surface area contributed by atoms with Crippen LogP contribution < -0.4 is 10.5 Å². The SMILES string of the molecule is CCOc1ccc(-c2nc(C(=O)N3CCCC3CN)cs2)cc1.Cl.Cl. The molecule has 0 spiro atoms. The van der Waals surface area contributed by atoms with Gasteiger partial charge in [0.15, 0.2) is 0 Å². The lowest BCUT2D eigenvalue weighted by molar-refractivity contribution is 0.0736. The van der Waals surface area contributed by atoms with Gasteiger partial charge in [-0.1, -0.05) is 0 Å². The van der Waals surface area contributed by atoms with E-state index in [0.29, 0.717) is 18.8 Å². The molecule has 1 saturated heterocycles. The Kier molecular flexibility index (Phi) is 8.65. The Bertz CT molecular complexity index is 679. The molecule has 138 valence electrons. The van der Waals surface area contributed by atoms with E-state index >= 15 is 0 Å². The summed E-state index contributed by atoms with van der Waals surface area (Å²) in [5.74, 6) is 0.832. The zero-order valence-corrected chi connectivity index (χ0v) is 16.5. The lowest BCUT2D eigenvalue weighted by Gasteiger charge is -2.22. The molecule has 2 N–H and O–H groups in total. The maximum absolute atomic E-state index is 12.6. The summed E-state index contributed by atoms with van der Waals surface area (Å²) in [6.45, 7) is 3.89. The highest BCUT2D eigenvalue weighted by atomic mass is 35.5. The van der Waals surface area contributed by atoms with Crippen molar-refractivity contribution in [1.29, 1.82) is 0 Å². The average Bonchev–Trinajstić information content (AvgIpc) is 3.24. The van der Waals surface area contributed by atoms with Crippen molar-refractivity contribution in [3.8, 4) is 16.3 Å². The van der Waals surface area contributed by atoms with Crippen molar-refractivity contribution in [3.05, 3.63) is 35.3 Å². The first kappa shape index (κ1) is 21.7. The predicted molar refractivity (Wildman–Crippen MR) is 106 cm³/mol. The number of hydrogen-bond acceptors (Lipinski definition) is 5. The van der Waals surface area contributed by atoms with Gasteiger partial charge in [-0.3, -0.25) is 4.79 Å². The highest BCUT2D eigenvalue weighted by Gasteiger charge is 2.29. The van der Waals surface area contributed by atoms with Crippen LogP contribution in [0.5, 0.6) is 5.75 Å². The molecule has 8 heteroatoms. The van der Waals surface area contributed by atoms with Crippen LogP contribution in [-0.4, -0.2) is 41.5 Å². The number of benzene rings is 1. The molecule has 1 aromatic heterocycles. The summed E-state index contributed by atoms with van der Waals surface area (Å²) in [7, 11) is 0. The Hall–Kier alpha value is -1.34. The number of amides is 1. The normalized spacial score (nSPS) is 16.1. The maximum Gasteiger partial charge on any atom is 0.273 e. The fraction of sp³-hybridized carbons (Fsp3) is 0.412. The van der Waals surface area contributed by atoms with E-state index in [2.05, 4.69) is 4.98 Å². The highest BCUT2D eigenvalue weighted by Crippen LogP contribution is 2.27. The number of nitrogens with zero attached hydrogens (tertiary/aromatic N) is 2. The fourth-order valence-corrected chi connectivity index (χ4v) is 3.66. The number of carbonyl (C=O) groups is 1. The molecular weight excluding hydrogens is 381 g/mol. The second kappa shape index (κ2) is 9.97. The van der Waals surface area contributed by atoms with Gasteiger partial charge in [-0.2, -0.15) is 0 Å². The van der Waals surface area contributed by atoms with Gasteiger partial charge in [0.05, 0.1) is 6.61 Å². The van der Waals surface area contributed by atoms with Gasteiger partial charge in [-0.15, -0.1) is 36.2 Å². The summed E-state index contributed by atoms with van der Waals surface area (Å²) in [4.78, 5) is 19.0. The molecule has 0 saturated carbocycles. The van der Waals surface area contributed by atoms with Gasteiger partial charge in [0, 0.05) is 30.1 Å². The van der Waals surface area contributed by atoms with Gasteiger partial charge < -0.3 is 15.4 Å². The van der Waals surface area contributed by atoms with Crippen molar-refractivity contribution in [2.24, 2.45) is 5.73 Å². The van der Waals surface area contributed by atoms with Gasteiger partial charge in [-0.05, 0) is 44.0 Å². The topological polar surface area (TPSA) is 68.5 Å². The van der Waals surface area contributed by atoms with Gasteiger partial charge >= 0.3 is 0 Å². The number of carbonyl (C=O) groups excluding carboxylic acids is 1. The van der Waals surface area contributed by atoms with Crippen molar-refractivity contribution in [1.82, 2.24) is 9.88 Å². The first-order valence-corrected chi connectivity index (χ1v) is 8.80. The quantitative estimate of drug-likeness (QED) is 0.827. The molecule has 0 bridgehead atoms. The van der Waals surface area contributed by atoms with Crippen molar-refractivity contribution in [2.45, 2.75) is 25.8 Å². The minimum atomic E-state index is -0.00798. The molecule has 0 aliphatic carbocycles. The summed E-state index contributed by atoms with van der Waals surface area (Å²) in [5.41, 5.74) is 7.26. The van der Waals surface area contributed by atoms with Crippen LogP contribution in [0, 0.1) is 0 Å². The zero-order valence-electron chi connectivity index (χ0n) is 14.0. The molecule has 1 atom stereocenters. The van der Waals surface area contributed by atoms with E-state index in [1.54, 1.807) is 0 Å². The number of ether oxygens (including phenoxy) is 1. The number of rotatable bonds is 5. The maximum atomic E-state index is 12.6. The molecular formula is C17H23Cl2N3O2S. The zero-order chi connectivity index (χ0) is 16.2. The molecule has 25 heavy (non-hydrogen) atoms. The minimum Gasteiger partial charge on any atom is -0.494 e. The van der Waals surface area contributed by atoms with Crippen LogP contribution in [0.4, 0.5) is 0 Å². The lowest BCUT2D eigenvalue weighted by Crippen LogP contribution is -2.40. The third kappa shape index (κ3) is 4.85. The minimum absolute atomic E-state index is 0. The molecule has 1 aromatic carbocycles. The number of likely N-dealkylation sites (tertiary alicyclic amines) is 1. The molecule has 1 fully saturated rings. The number of thiazole rings is 1. The van der Waals surface area contributed by atoms with Crippen molar-refractivity contribution in [2.75, 3.05) is 19.7 Å². The first-order valence-electron chi connectivity index (χ1n) is 7.92. The van der Waals surface area contributed by atoms with Crippen LogP contribution in [0.15, 0.2) is 29.6 Å². The lowest BCUT2D eigenvalue weighted by atomic mass is 10.2.